The van der Waals surface area contributed by atoms with Crippen molar-refractivity contribution in [3.05, 3.63) is 23.9 Å². The Morgan fingerprint density at radius 1 is 1.18 bits per heavy atom. The minimum Gasteiger partial charge on any atom is -0.444 e. The molecule has 6 heteroatoms. The van der Waals surface area contributed by atoms with Gasteiger partial charge in [-0.15, -0.1) is 0 Å². The van der Waals surface area contributed by atoms with Crippen molar-refractivity contribution in [3.8, 4) is 0 Å². The van der Waals surface area contributed by atoms with Gasteiger partial charge >= 0.3 is 6.09 Å². The SMILES string of the molecule is CCCN1CCCCC1c1cccnc1N1CCN(C(=O)OC(C)(C)C)CC1. The summed E-state index contributed by atoms with van der Waals surface area (Å²) in [6.07, 6.45) is 6.64. The summed E-state index contributed by atoms with van der Waals surface area (Å²) in [6.45, 7) is 13.3. The lowest BCUT2D eigenvalue weighted by Crippen LogP contribution is -2.50. The molecule has 0 saturated carbocycles. The lowest BCUT2D eigenvalue weighted by molar-refractivity contribution is 0.0240. The van der Waals surface area contributed by atoms with E-state index in [0.717, 1.165) is 25.5 Å². The molecule has 2 fully saturated rings. The molecule has 1 aromatic rings. The average molecular weight is 389 g/mol. The number of carbonyl (C=O) groups is 1. The summed E-state index contributed by atoms with van der Waals surface area (Å²) in [5, 5.41) is 0. The first-order chi connectivity index (χ1) is 13.4. The van der Waals surface area contributed by atoms with Crippen LogP contribution < -0.4 is 4.90 Å². The molecule has 0 aliphatic carbocycles. The predicted molar refractivity (Wildman–Crippen MR) is 113 cm³/mol. The number of anilines is 1. The summed E-state index contributed by atoms with van der Waals surface area (Å²) in [6, 6.07) is 4.77. The van der Waals surface area contributed by atoms with Crippen LogP contribution in [0.25, 0.3) is 0 Å². The first-order valence-corrected chi connectivity index (χ1v) is 10.8. The largest absolute Gasteiger partial charge is 0.444 e. The van der Waals surface area contributed by atoms with Crippen molar-refractivity contribution in [2.45, 2.75) is 65.0 Å². The van der Waals surface area contributed by atoms with Crippen LogP contribution in [0.2, 0.25) is 0 Å². The van der Waals surface area contributed by atoms with Crippen LogP contribution in [0.3, 0.4) is 0 Å². The molecular weight excluding hydrogens is 352 g/mol. The van der Waals surface area contributed by atoms with E-state index in [1.165, 1.54) is 37.8 Å². The minimum absolute atomic E-state index is 0.213. The van der Waals surface area contributed by atoms with Crippen molar-refractivity contribution in [2.24, 2.45) is 0 Å². The predicted octanol–water partition coefficient (Wildman–Crippen LogP) is 4.08. The van der Waals surface area contributed by atoms with E-state index in [1.807, 2.05) is 31.9 Å². The number of hydrogen-bond acceptors (Lipinski definition) is 5. The molecule has 6 nitrogen and oxygen atoms in total. The molecule has 3 heterocycles. The third-order valence-corrected chi connectivity index (χ3v) is 5.53. The summed E-state index contributed by atoms with van der Waals surface area (Å²) in [4.78, 5) is 23.9. The second-order valence-corrected chi connectivity index (χ2v) is 8.92. The normalized spacial score (nSPS) is 21.6. The maximum atomic E-state index is 12.3. The summed E-state index contributed by atoms with van der Waals surface area (Å²) in [5.41, 5.74) is 0.896. The van der Waals surface area contributed by atoms with Crippen LogP contribution in [-0.4, -0.2) is 65.7 Å². The number of likely N-dealkylation sites (tertiary alicyclic amines) is 1. The molecule has 1 amide bonds. The Kier molecular flexibility index (Phi) is 6.81. The molecule has 28 heavy (non-hydrogen) atoms. The van der Waals surface area contributed by atoms with Crippen molar-refractivity contribution < 1.29 is 9.53 Å². The van der Waals surface area contributed by atoms with E-state index in [4.69, 9.17) is 9.72 Å². The first-order valence-electron chi connectivity index (χ1n) is 10.8. The highest BCUT2D eigenvalue weighted by Crippen LogP contribution is 2.35. The van der Waals surface area contributed by atoms with E-state index in [0.29, 0.717) is 19.1 Å². The van der Waals surface area contributed by atoms with Crippen LogP contribution in [-0.2, 0) is 4.74 Å². The van der Waals surface area contributed by atoms with Crippen LogP contribution in [0.4, 0.5) is 10.6 Å². The highest BCUT2D eigenvalue weighted by Gasteiger charge is 2.30. The number of rotatable bonds is 4. The average Bonchev–Trinajstić information content (AvgIpc) is 2.68. The van der Waals surface area contributed by atoms with Crippen LogP contribution in [0.1, 0.15) is 65.0 Å². The van der Waals surface area contributed by atoms with Gasteiger partial charge in [0.2, 0.25) is 0 Å². The highest BCUT2D eigenvalue weighted by molar-refractivity contribution is 5.68. The van der Waals surface area contributed by atoms with Gasteiger partial charge in [-0.1, -0.05) is 19.4 Å². The Bertz CT molecular complexity index is 648. The number of pyridine rings is 1. The lowest BCUT2D eigenvalue weighted by atomic mass is 9.95. The molecule has 1 atom stereocenters. The number of carbonyl (C=O) groups excluding carboxylic acids is 1. The van der Waals surface area contributed by atoms with Gasteiger partial charge in [-0.2, -0.15) is 0 Å². The second kappa shape index (κ2) is 9.12. The summed E-state index contributed by atoms with van der Waals surface area (Å²) in [7, 11) is 0. The van der Waals surface area contributed by atoms with Gasteiger partial charge in [0.15, 0.2) is 0 Å². The molecule has 2 aliphatic rings. The Hall–Kier alpha value is -1.82. The van der Waals surface area contributed by atoms with Gasteiger partial charge in [0, 0.05) is 44.0 Å². The molecule has 2 saturated heterocycles. The van der Waals surface area contributed by atoms with Crippen molar-refractivity contribution >= 4 is 11.9 Å². The van der Waals surface area contributed by atoms with Gasteiger partial charge < -0.3 is 14.5 Å². The van der Waals surface area contributed by atoms with Crippen LogP contribution in [0.5, 0.6) is 0 Å². The summed E-state index contributed by atoms with van der Waals surface area (Å²) < 4.78 is 5.52. The minimum atomic E-state index is -0.452. The zero-order chi connectivity index (χ0) is 20.1. The standard InChI is InChI=1S/C22H36N4O2/c1-5-12-24-13-7-6-10-19(24)18-9-8-11-23-20(18)25-14-16-26(17-15-25)21(27)28-22(2,3)4/h8-9,11,19H,5-7,10,12-17H2,1-4H3. The third kappa shape index (κ3) is 5.16. The first kappa shape index (κ1) is 20.9. The highest BCUT2D eigenvalue weighted by atomic mass is 16.6. The fourth-order valence-electron chi connectivity index (χ4n) is 4.26. The van der Waals surface area contributed by atoms with Crippen molar-refractivity contribution in [3.63, 3.8) is 0 Å². The molecule has 0 aromatic carbocycles. The monoisotopic (exact) mass is 388 g/mol. The Morgan fingerprint density at radius 3 is 2.61 bits per heavy atom. The van der Waals surface area contributed by atoms with Crippen LogP contribution in [0.15, 0.2) is 18.3 Å². The van der Waals surface area contributed by atoms with E-state index >= 15 is 0 Å². The quantitative estimate of drug-likeness (QED) is 0.778. The van der Waals surface area contributed by atoms with Gasteiger partial charge in [0.25, 0.3) is 0 Å². The zero-order valence-electron chi connectivity index (χ0n) is 18.0. The molecule has 2 aliphatic heterocycles. The van der Waals surface area contributed by atoms with E-state index in [9.17, 15) is 4.79 Å². The smallest absolute Gasteiger partial charge is 0.410 e. The fraction of sp³-hybridized carbons (Fsp3) is 0.727. The number of nitrogens with zero attached hydrogens (tertiary/aromatic N) is 4. The number of piperidine rings is 1. The van der Waals surface area contributed by atoms with Crippen molar-refractivity contribution in [1.29, 1.82) is 0 Å². The lowest BCUT2D eigenvalue weighted by Gasteiger charge is -2.40. The fourth-order valence-corrected chi connectivity index (χ4v) is 4.26. The molecule has 0 N–H and O–H groups in total. The molecule has 0 radical (unpaired) electrons. The molecular formula is C22H36N4O2. The maximum absolute atomic E-state index is 12.3. The van der Waals surface area contributed by atoms with Gasteiger partial charge in [-0.25, -0.2) is 9.78 Å². The van der Waals surface area contributed by atoms with Crippen LogP contribution >= 0.6 is 0 Å². The van der Waals surface area contributed by atoms with Gasteiger partial charge in [-0.3, -0.25) is 4.90 Å². The molecule has 1 aromatic heterocycles. The zero-order valence-corrected chi connectivity index (χ0v) is 18.0. The number of aromatic nitrogens is 1. The Balaban J connectivity index is 1.69. The molecule has 0 bridgehead atoms. The van der Waals surface area contributed by atoms with E-state index < -0.39 is 5.60 Å². The number of hydrogen-bond donors (Lipinski definition) is 0. The summed E-state index contributed by atoms with van der Waals surface area (Å²) >= 11 is 0. The third-order valence-electron chi connectivity index (χ3n) is 5.53. The van der Waals surface area contributed by atoms with Crippen molar-refractivity contribution in [1.82, 2.24) is 14.8 Å². The Labute approximate surface area is 169 Å². The summed E-state index contributed by atoms with van der Waals surface area (Å²) in [5.74, 6) is 1.10. The topological polar surface area (TPSA) is 48.9 Å². The number of amides is 1. The van der Waals surface area contributed by atoms with E-state index in [-0.39, 0.29) is 6.09 Å². The van der Waals surface area contributed by atoms with Gasteiger partial charge in [0.05, 0.1) is 0 Å². The maximum Gasteiger partial charge on any atom is 0.410 e. The van der Waals surface area contributed by atoms with Gasteiger partial charge in [0.1, 0.15) is 11.4 Å². The Morgan fingerprint density at radius 2 is 1.93 bits per heavy atom. The second-order valence-electron chi connectivity index (χ2n) is 8.92. The van der Waals surface area contributed by atoms with E-state index in [2.05, 4.69) is 28.9 Å². The number of piperazine rings is 1. The van der Waals surface area contributed by atoms with E-state index in [1.54, 1.807) is 0 Å². The molecule has 1 unspecified atom stereocenters. The molecule has 156 valence electrons. The van der Waals surface area contributed by atoms with Crippen molar-refractivity contribution in [2.75, 3.05) is 44.2 Å². The number of ether oxygens (including phenoxy) is 1. The van der Waals surface area contributed by atoms with Crippen LogP contribution in [0, 0.1) is 0 Å². The molecule has 3 rings (SSSR count). The van der Waals surface area contributed by atoms with Gasteiger partial charge in [-0.05, 0) is 59.2 Å². The molecule has 0 spiro atoms.